The molecule has 17 heavy (non-hydrogen) atoms. The number of piperidine rings is 1. The molecule has 0 amide bonds. The number of halogens is 1. The first-order chi connectivity index (χ1) is 8.19. The van der Waals surface area contributed by atoms with Gasteiger partial charge in [0, 0.05) is 12.6 Å². The molecule has 1 aliphatic rings. The van der Waals surface area contributed by atoms with Crippen molar-refractivity contribution in [3.63, 3.8) is 0 Å². The number of nitrogens with one attached hydrogen (secondary N) is 1. The third-order valence-corrected chi connectivity index (χ3v) is 3.41. The first-order valence-corrected chi connectivity index (χ1v) is 6.06. The summed E-state index contributed by atoms with van der Waals surface area (Å²) in [5.41, 5.74) is 0.965. The van der Waals surface area contributed by atoms with Crippen molar-refractivity contribution in [1.29, 1.82) is 0 Å². The highest BCUT2D eigenvalue weighted by Crippen LogP contribution is 2.19. The zero-order valence-corrected chi connectivity index (χ0v) is 10.1. The fourth-order valence-corrected chi connectivity index (χ4v) is 2.29. The number of phenolic OH excluding ortho intramolecular Hbond substituents is 1. The number of phenols is 1. The number of likely N-dealkylation sites (tertiary alicyclic amines) is 1. The van der Waals surface area contributed by atoms with Gasteiger partial charge in [0.25, 0.3) is 0 Å². The molecule has 4 heteroatoms. The molecular formula is C13H19FN2O. The minimum atomic E-state index is -0.553. The van der Waals surface area contributed by atoms with Gasteiger partial charge in [-0.1, -0.05) is 6.07 Å². The largest absolute Gasteiger partial charge is 0.505 e. The highest BCUT2D eigenvalue weighted by atomic mass is 19.1. The molecule has 2 rings (SSSR count). The van der Waals surface area contributed by atoms with E-state index >= 15 is 0 Å². The summed E-state index contributed by atoms with van der Waals surface area (Å²) in [4.78, 5) is 2.33. The van der Waals surface area contributed by atoms with Gasteiger partial charge in [-0.25, -0.2) is 4.39 Å². The van der Waals surface area contributed by atoms with Crippen LogP contribution in [-0.4, -0.2) is 36.2 Å². The lowest BCUT2D eigenvalue weighted by Crippen LogP contribution is -2.40. The lowest BCUT2D eigenvalue weighted by molar-refractivity contribution is 0.194. The van der Waals surface area contributed by atoms with E-state index in [4.69, 9.17) is 0 Å². The molecule has 94 valence electrons. The Hall–Kier alpha value is -1.13. The highest BCUT2D eigenvalue weighted by Gasteiger charge is 2.17. The fraction of sp³-hybridized carbons (Fsp3) is 0.538. The third kappa shape index (κ3) is 3.17. The number of aromatic hydroxyl groups is 1. The Bertz CT molecular complexity index is 376. The van der Waals surface area contributed by atoms with Crippen molar-refractivity contribution in [3.05, 3.63) is 29.6 Å². The first-order valence-electron chi connectivity index (χ1n) is 6.06. The van der Waals surface area contributed by atoms with Gasteiger partial charge in [0.15, 0.2) is 11.6 Å². The van der Waals surface area contributed by atoms with Crippen molar-refractivity contribution >= 4 is 0 Å². The van der Waals surface area contributed by atoms with Crippen LogP contribution in [0.5, 0.6) is 5.75 Å². The Morgan fingerprint density at radius 3 is 2.71 bits per heavy atom. The molecule has 1 aliphatic heterocycles. The van der Waals surface area contributed by atoms with Gasteiger partial charge in [0.1, 0.15) is 0 Å². The van der Waals surface area contributed by atoms with Crippen LogP contribution in [0.2, 0.25) is 0 Å². The van der Waals surface area contributed by atoms with Crippen molar-refractivity contribution in [2.75, 3.05) is 20.1 Å². The summed E-state index contributed by atoms with van der Waals surface area (Å²) < 4.78 is 12.9. The van der Waals surface area contributed by atoms with Crippen molar-refractivity contribution in [3.8, 4) is 5.75 Å². The van der Waals surface area contributed by atoms with Gasteiger partial charge >= 0.3 is 0 Å². The molecule has 1 fully saturated rings. The first kappa shape index (κ1) is 12.3. The molecule has 0 aliphatic carbocycles. The minimum Gasteiger partial charge on any atom is -0.505 e. The lowest BCUT2D eigenvalue weighted by atomic mass is 10.0. The Kier molecular flexibility index (Phi) is 3.97. The molecule has 0 unspecified atom stereocenters. The Morgan fingerprint density at radius 1 is 1.41 bits per heavy atom. The highest BCUT2D eigenvalue weighted by molar-refractivity contribution is 5.28. The van der Waals surface area contributed by atoms with Crippen LogP contribution in [0.25, 0.3) is 0 Å². The summed E-state index contributed by atoms with van der Waals surface area (Å²) in [6.45, 7) is 2.87. The molecule has 2 N–H and O–H groups in total. The van der Waals surface area contributed by atoms with E-state index in [-0.39, 0.29) is 5.75 Å². The molecule has 0 bridgehead atoms. The van der Waals surface area contributed by atoms with Crippen molar-refractivity contribution in [2.45, 2.75) is 25.4 Å². The average molecular weight is 238 g/mol. The summed E-state index contributed by atoms with van der Waals surface area (Å²) in [6.07, 6.45) is 2.29. The lowest BCUT2D eigenvalue weighted by Gasteiger charge is -2.31. The van der Waals surface area contributed by atoms with Gasteiger partial charge in [0.2, 0.25) is 0 Å². The summed E-state index contributed by atoms with van der Waals surface area (Å²) in [5, 5.41) is 12.6. The second-order valence-corrected chi connectivity index (χ2v) is 4.62. The van der Waals surface area contributed by atoms with Crippen molar-refractivity contribution in [2.24, 2.45) is 0 Å². The standard InChI is InChI=1S/C13H19FN2O/c1-15-11-4-6-16(7-5-11)9-10-2-3-12(14)13(17)8-10/h2-3,8,11,15,17H,4-7,9H2,1H3. The molecular weight excluding hydrogens is 219 g/mol. The van der Waals surface area contributed by atoms with Gasteiger partial charge in [0.05, 0.1) is 0 Å². The van der Waals surface area contributed by atoms with Crippen LogP contribution in [0.4, 0.5) is 4.39 Å². The van der Waals surface area contributed by atoms with Crippen LogP contribution < -0.4 is 5.32 Å². The zero-order valence-electron chi connectivity index (χ0n) is 10.1. The maximum atomic E-state index is 12.9. The Balaban J connectivity index is 1.91. The Morgan fingerprint density at radius 2 is 2.12 bits per heavy atom. The molecule has 0 radical (unpaired) electrons. The van der Waals surface area contributed by atoms with Gasteiger partial charge in [-0.2, -0.15) is 0 Å². The molecule has 1 aromatic rings. The molecule has 0 aromatic heterocycles. The van der Waals surface area contributed by atoms with Gasteiger partial charge < -0.3 is 10.4 Å². The van der Waals surface area contributed by atoms with Crippen LogP contribution in [0.3, 0.4) is 0 Å². The average Bonchev–Trinajstić information content (AvgIpc) is 2.35. The monoisotopic (exact) mass is 238 g/mol. The quantitative estimate of drug-likeness (QED) is 0.841. The number of nitrogens with zero attached hydrogens (tertiary/aromatic N) is 1. The van der Waals surface area contributed by atoms with Crippen LogP contribution in [0, 0.1) is 5.82 Å². The Labute approximate surface area is 101 Å². The van der Waals surface area contributed by atoms with Crippen LogP contribution in [-0.2, 0) is 6.54 Å². The molecule has 0 spiro atoms. The predicted octanol–water partition coefficient (Wildman–Crippen LogP) is 1.72. The van der Waals surface area contributed by atoms with E-state index in [9.17, 15) is 9.50 Å². The second-order valence-electron chi connectivity index (χ2n) is 4.62. The van der Waals surface area contributed by atoms with E-state index in [1.807, 2.05) is 7.05 Å². The zero-order chi connectivity index (χ0) is 12.3. The molecule has 1 heterocycles. The fourth-order valence-electron chi connectivity index (χ4n) is 2.29. The van der Waals surface area contributed by atoms with E-state index in [0.717, 1.165) is 38.0 Å². The van der Waals surface area contributed by atoms with Crippen molar-refractivity contribution in [1.82, 2.24) is 10.2 Å². The minimum absolute atomic E-state index is 0.257. The molecule has 0 atom stereocenters. The van der Waals surface area contributed by atoms with E-state index in [1.54, 1.807) is 6.07 Å². The van der Waals surface area contributed by atoms with Crippen LogP contribution in [0.15, 0.2) is 18.2 Å². The van der Waals surface area contributed by atoms with E-state index < -0.39 is 5.82 Å². The number of hydrogen-bond acceptors (Lipinski definition) is 3. The molecule has 3 nitrogen and oxygen atoms in total. The summed E-state index contributed by atoms with van der Waals surface area (Å²) in [5.74, 6) is -0.810. The summed E-state index contributed by atoms with van der Waals surface area (Å²) in [7, 11) is 2.00. The van der Waals surface area contributed by atoms with Crippen LogP contribution >= 0.6 is 0 Å². The topological polar surface area (TPSA) is 35.5 Å². The van der Waals surface area contributed by atoms with E-state index in [0.29, 0.717) is 6.04 Å². The second kappa shape index (κ2) is 5.47. The van der Waals surface area contributed by atoms with E-state index in [1.165, 1.54) is 12.1 Å². The number of rotatable bonds is 3. The van der Waals surface area contributed by atoms with E-state index in [2.05, 4.69) is 10.2 Å². The molecule has 1 aromatic carbocycles. The predicted molar refractivity (Wildman–Crippen MR) is 65.4 cm³/mol. The third-order valence-electron chi connectivity index (χ3n) is 3.41. The maximum Gasteiger partial charge on any atom is 0.164 e. The molecule has 1 saturated heterocycles. The van der Waals surface area contributed by atoms with Crippen LogP contribution in [0.1, 0.15) is 18.4 Å². The number of hydrogen-bond donors (Lipinski definition) is 2. The van der Waals surface area contributed by atoms with Gasteiger partial charge in [-0.05, 0) is 50.7 Å². The summed E-state index contributed by atoms with van der Waals surface area (Å²) >= 11 is 0. The smallest absolute Gasteiger partial charge is 0.164 e. The normalized spacial score (nSPS) is 18.5. The molecule has 0 saturated carbocycles. The maximum absolute atomic E-state index is 12.9. The van der Waals surface area contributed by atoms with Crippen molar-refractivity contribution < 1.29 is 9.50 Å². The summed E-state index contributed by atoms with van der Waals surface area (Å²) in [6, 6.07) is 5.19. The SMILES string of the molecule is CNC1CCN(Cc2ccc(F)c(O)c2)CC1. The van der Waals surface area contributed by atoms with Gasteiger partial charge in [-0.3, -0.25) is 4.90 Å². The van der Waals surface area contributed by atoms with Gasteiger partial charge in [-0.15, -0.1) is 0 Å². The number of benzene rings is 1.